The quantitative estimate of drug-likeness (QED) is 0.679. The first kappa shape index (κ1) is 16.6. The monoisotopic (exact) mass is 282 g/mol. The van der Waals surface area contributed by atoms with E-state index in [1.165, 1.54) is 49.1 Å². The molecule has 0 spiro atoms. The average Bonchev–Trinajstić information content (AvgIpc) is 2.84. The molecule has 110 valence electrons. The molecular weight excluding hydrogens is 252 g/mol. The van der Waals surface area contributed by atoms with Crippen molar-refractivity contribution in [3.05, 3.63) is 16.1 Å². The largest absolute Gasteiger partial charge is 0.316 e. The lowest BCUT2D eigenvalue weighted by molar-refractivity contribution is 0.214. The topological polar surface area (TPSA) is 24.9 Å². The molecule has 0 bridgehead atoms. The minimum absolute atomic E-state index is 0.475. The minimum atomic E-state index is 0.475. The normalized spacial score (nSPS) is 14.5. The van der Waals surface area contributed by atoms with Gasteiger partial charge in [0, 0.05) is 11.4 Å². The molecule has 1 rings (SSSR count). The number of unbranched alkanes of at least 4 members (excludes halogenated alkanes) is 1. The molecule has 1 aromatic rings. The Morgan fingerprint density at radius 2 is 2.05 bits per heavy atom. The van der Waals surface area contributed by atoms with E-state index in [4.69, 9.17) is 0 Å². The standard InChI is InChI=1S/C16H30N2S/c1-5-8-10-16(6-2,12-17-7-3)11-9-15-14(4)18-13-19-15/h13,17H,5-12H2,1-4H3. The van der Waals surface area contributed by atoms with Gasteiger partial charge < -0.3 is 5.32 Å². The smallest absolute Gasteiger partial charge is 0.0797 e. The lowest BCUT2D eigenvalue weighted by Crippen LogP contribution is -2.34. The van der Waals surface area contributed by atoms with Gasteiger partial charge in [0.2, 0.25) is 0 Å². The van der Waals surface area contributed by atoms with Crippen molar-refractivity contribution in [3.63, 3.8) is 0 Å². The van der Waals surface area contributed by atoms with Crippen LogP contribution in [-0.2, 0) is 6.42 Å². The van der Waals surface area contributed by atoms with Crippen molar-refractivity contribution in [1.82, 2.24) is 10.3 Å². The second-order valence-electron chi connectivity index (χ2n) is 5.60. The van der Waals surface area contributed by atoms with Gasteiger partial charge in [-0.05, 0) is 44.6 Å². The van der Waals surface area contributed by atoms with Crippen molar-refractivity contribution in [2.75, 3.05) is 13.1 Å². The number of nitrogens with one attached hydrogen (secondary N) is 1. The van der Waals surface area contributed by atoms with Crippen molar-refractivity contribution >= 4 is 11.3 Å². The van der Waals surface area contributed by atoms with Gasteiger partial charge in [-0.1, -0.05) is 33.6 Å². The highest BCUT2D eigenvalue weighted by molar-refractivity contribution is 7.09. The van der Waals surface area contributed by atoms with Crippen molar-refractivity contribution in [2.45, 2.75) is 66.2 Å². The molecule has 0 aromatic carbocycles. The van der Waals surface area contributed by atoms with E-state index >= 15 is 0 Å². The zero-order valence-electron chi connectivity index (χ0n) is 13.1. The SMILES string of the molecule is CCCCC(CC)(CCc1scnc1C)CNCC. The van der Waals surface area contributed by atoms with E-state index in [-0.39, 0.29) is 0 Å². The van der Waals surface area contributed by atoms with Crippen molar-refractivity contribution in [1.29, 1.82) is 0 Å². The summed E-state index contributed by atoms with van der Waals surface area (Å²) in [6.07, 6.45) is 7.76. The third kappa shape index (κ3) is 5.23. The fourth-order valence-corrected chi connectivity index (χ4v) is 3.45. The molecule has 1 atom stereocenters. The highest BCUT2D eigenvalue weighted by Gasteiger charge is 2.27. The number of hydrogen-bond acceptors (Lipinski definition) is 3. The molecule has 0 aliphatic heterocycles. The van der Waals surface area contributed by atoms with Crippen LogP contribution in [0.3, 0.4) is 0 Å². The molecule has 3 heteroatoms. The third-order valence-corrected chi connectivity index (χ3v) is 5.28. The molecule has 0 aliphatic rings. The molecule has 1 N–H and O–H groups in total. The molecule has 1 aromatic heterocycles. The summed E-state index contributed by atoms with van der Waals surface area (Å²) in [4.78, 5) is 5.85. The van der Waals surface area contributed by atoms with Gasteiger partial charge in [0.1, 0.15) is 0 Å². The lowest BCUT2D eigenvalue weighted by atomic mass is 9.76. The Kier molecular flexibility index (Phi) is 7.62. The van der Waals surface area contributed by atoms with Gasteiger partial charge in [0.05, 0.1) is 11.2 Å². The number of nitrogens with zero attached hydrogens (tertiary/aromatic N) is 1. The minimum Gasteiger partial charge on any atom is -0.316 e. The van der Waals surface area contributed by atoms with Gasteiger partial charge in [0.25, 0.3) is 0 Å². The number of thiazole rings is 1. The maximum absolute atomic E-state index is 4.37. The summed E-state index contributed by atoms with van der Waals surface area (Å²) in [6, 6.07) is 0. The van der Waals surface area contributed by atoms with Crippen molar-refractivity contribution < 1.29 is 0 Å². The van der Waals surface area contributed by atoms with E-state index in [1.807, 2.05) is 16.8 Å². The number of aromatic nitrogens is 1. The van der Waals surface area contributed by atoms with E-state index in [9.17, 15) is 0 Å². The van der Waals surface area contributed by atoms with Crippen LogP contribution in [0.1, 0.15) is 63.4 Å². The average molecular weight is 282 g/mol. The summed E-state index contributed by atoms with van der Waals surface area (Å²) in [6.45, 7) is 11.2. The fraction of sp³-hybridized carbons (Fsp3) is 0.812. The van der Waals surface area contributed by atoms with Crippen LogP contribution in [0.5, 0.6) is 0 Å². The summed E-state index contributed by atoms with van der Waals surface area (Å²) in [7, 11) is 0. The van der Waals surface area contributed by atoms with Crippen LogP contribution in [0.2, 0.25) is 0 Å². The highest BCUT2D eigenvalue weighted by Crippen LogP contribution is 2.34. The Labute approximate surface area is 123 Å². The van der Waals surface area contributed by atoms with Crippen LogP contribution >= 0.6 is 11.3 Å². The van der Waals surface area contributed by atoms with Crippen LogP contribution in [0.4, 0.5) is 0 Å². The molecule has 1 heterocycles. The van der Waals surface area contributed by atoms with Gasteiger partial charge in [-0.15, -0.1) is 11.3 Å². The van der Waals surface area contributed by atoms with E-state index < -0.39 is 0 Å². The van der Waals surface area contributed by atoms with Crippen molar-refractivity contribution in [2.24, 2.45) is 5.41 Å². The van der Waals surface area contributed by atoms with E-state index in [0.717, 1.165) is 13.1 Å². The Balaban J connectivity index is 2.63. The Morgan fingerprint density at radius 1 is 1.26 bits per heavy atom. The number of rotatable bonds is 10. The molecule has 0 saturated heterocycles. The zero-order chi connectivity index (χ0) is 14.1. The van der Waals surface area contributed by atoms with Gasteiger partial charge in [-0.2, -0.15) is 0 Å². The molecule has 1 unspecified atom stereocenters. The molecule has 0 aliphatic carbocycles. The van der Waals surface area contributed by atoms with Crippen LogP contribution in [-0.4, -0.2) is 18.1 Å². The predicted molar refractivity (Wildman–Crippen MR) is 86.0 cm³/mol. The lowest BCUT2D eigenvalue weighted by Gasteiger charge is -2.33. The summed E-state index contributed by atoms with van der Waals surface area (Å²) in [5.74, 6) is 0. The van der Waals surface area contributed by atoms with Crippen LogP contribution in [0.15, 0.2) is 5.51 Å². The Morgan fingerprint density at radius 3 is 2.58 bits per heavy atom. The number of aryl methyl sites for hydroxylation is 2. The molecule has 0 fully saturated rings. The summed E-state index contributed by atoms with van der Waals surface area (Å²) < 4.78 is 0. The van der Waals surface area contributed by atoms with Crippen LogP contribution in [0.25, 0.3) is 0 Å². The van der Waals surface area contributed by atoms with Gasteiger partial charge >= 0.3 is 0 Å². The van der Waals surface area contributed by atoms with Gasteiger partial charge in [-0.25, -0.2) is 4.98 Å². The van der Waals surface area contributed by atoms with Crippen LogP contribution < -0.4 is 5.32 Å². The van der Waals surface area contributed by atoms with Gasteiger partial charge in [-0.3, -0.25) is 0 Å². The molecule has 0 saturated carbocycles. The first-order chi connectivity index (χ1) is 9.17. The summed E-state index contributed by atoms with van der Waals surface area (Å²) >= 11 is 1.82. The Bertz CT molecular complexity index is 338. The predicted octanol–water partition coefficient (Wildman–Crippen LogP) is 4.58. The molecule has 0 amide bonds. The molecule has 19 heavy (non-hydrogen) atoms. The van der Waals surface area contributed by atoms with Gasteiger partial charge in [0.15, 0.2) is 0 Å². The third-order valence-electron chi connectivity index (χ3n) is 4.29. The van der Waals surface area contributed by atoms with E-state index in [0.29, 0.717) is 5.41 Å². The maximum atomic E-state index is 4.37. The second kappa shape index (κ2) is 8.70. The molecule has 0 radical (unpaired) electrons. The first-order valence-corrected chi connectivity index (χ1v) is 8.65. The summed E-state index contributed by atoms with van der Waals surface area (Å²) in [5, 5.41) is 3.58. The van der Waals surface area contributed by atoms with E-state index in [1.54, 1.807) is 0 Å². The highest BCUT2D eigenvalue weighted by atomic mass is 32.1. The van der Waals surface area contributed by atoms with E-state index in [2.05, 4.69) is 38.0 Å². The summed E-state index contributed by atoms with van der Waals surface area (Å²) in [5.41, 5.74) is 3.69. The Hall–Kier alpha value is -0.410. The molecule has 2 nitrogen and oxygen atoms in total. The zero-order valence-corrected chi connectivity index (χ0v) is 13.9. The fourth-order valence-electron chi connectivity index (χ4n) is 2.67. The van der Waals surface area contributed by atoms with Crippen molar-refractivity contribution in [3.8, 4) is 0 Å². The maximum Gasteiger partial charge on any atom is 0.0797 e. The number of hydrogen-bond donors (Lipinski definition) is 1. The molecular formula is C16H30N2S. The second-order valence-corrected chi connectivity index (χ2v) is 6.54. The van der Waals surface area contributed by atoms with Crippen LogP contribution in [0, 0.1) is 12.3 Å². The first-order valence-electron chi connectivity index (χ1n) is 7.77.